The number of anilines is 2. The van der Waals surface area contributed by atoms with E-state index in [1.807, 2.05) is 12.1 Å². The van der Waals surface area contributed by atoms with Crippen LogP contribution in [-0.4, -0.2) is 0 Å². The van der Waals surface area contributed by atoms with Gasteiger partial charge in [-0.3, -0.25) is 0 Å². The second-order valence-corrected chi connectivity index (χ2v) is 9.12. The molecule has 1 N–H and O–H groups in total. The summed E-state index contributed by atoms with van der Waals surface area (Å²) < 4.78 is 5.98. The normalized spacial score (nSPS) is 11.3. The minimum Gasteiger partial charge on any atom is -0.456 e. The molecule has 2 heteroatoms. The van der Waals surface area contributed by atoms with E-state index in [4.69, 9.17) is 4.42 Å². The fourth-order valence-corrected chi connectivity index (χ4v) is 5.03. The Hall–Kier alpha value is -4.82. The quantitative estimate of drug-likeness (QED) is 0.282. The predicted octanol–water partition coefficient (Wildman–Crippen LogP) is 9.82. The summed E-state index contributed by atoms with van der Waals surface area (Å²) in [6.07, 6.45) is 0. The number of rotatable bonds is 4. The van der Waals surface area contributed by atoms with Crippen LogP contribution in [0.15, 0.2) is 138 Å². The maximum absolute atomic E-state index is 5.98. The van der Waals surface area contributed by atoms with E-state index in [1.54, 1.807) is 0 Å². The molecule has 36 heavy (non-hydrogen) atoms. The molecule has 7 rings (SSSR count). The molecule has 0 saturated carbocycles. The van der Waals surface area contributed by atoms with Gasteiger partial charge in [0.1, 0.15) is 11.2 Å². The van der Waals surface area contributed by atoms with E-state index in [2.05, 4.69) is 127 Å². The molecule has 0 aliphatic heterocycles. The number of benzene rings is 6. The van der Waals surface area contributed by atoms with Gasteiger partial charge in [-0.2, -0.15) is 0 Å². The Bertz CT molecular complexity index is 1840. The van der Waals surface area contributed by atoms with Crippen LogP contribution in [0.25, 0.3) is 55.0 Å². The Morgan fingerprint density at radius 3 is 1.83 bits per heavy atom. The molecule has 0 aliphatic carbocycles. The first-order valence-corrected chi connectivity index (χ1v) is 12.2. The van der Waals surface area contributed by atoms with Gasteiger partial charge in [-0.25, -0.2) is 0 Å². The number of hydrogen-bond donors (Lipinski definition) is 1. The second kappa shape index (κ2) is 8.44. The molecule has 0 aliphatic rings. The van der Waals surface area contributed by atoms with Gasteiger partial charge in [0.05, 0.1) is 0 Å². The maximum Gasteiger partial charge on any atom is 0.135 e. The molecular formula is C34H23NO. The van der Waals surface area contributed by atoms with Gasteiger partial charge in [-0.15, -0.1) is 0 Å². The van der Waals surface area contributed by atoms with Gasteiger partial charge < -0.3 is 9.73 Å². The van der Waals surface area contributed by atoms with Crippen molar-refractivity contribution >= 4 is 44.1 Å². The first kappa shape index (κ1) is 20.5. The lowest BCUT2D eigenvalue weighted by Gasteiger charge is -2.10. The van der Waals surface area contributed by atoms with Crippen molar-refractivity contribution in [2.24, 2.45) is 0 Å². The Balaban J connectivity index is 1.13. The van der Waals surface area contributed by atoms with Crippen LogP contribution in [0, 0.1) is 0 Å². The molecule has 2 nitrogen and oxygen atoms in total. The average Bonchev–Trinajstić information content (AvgIpc) is 3.32. The monoisotopic (exact) mass is 461 g/mol. The summed E-state index contributed by atoms with van der Waals surface area (Å²) >= 11 is 0. The summed E-state index contributed by atoms with van der Waals surface area (Å²) in [5.74, 6) is 0. The van der Waals surface area contributed by atoms with E-state index in [1.165, 1.54) is 33.0 Å². The van der Waals surface area contributed by atoms with Gasteiger partial charge in [-0.05, 0) is 75.5 Å². The summed E-state index contributed by atoms with van der Waals surface area (Å²) in [6, 6.07) is 46.8. The zero-order valence-corrected chi connectivity index (χ0v) is 19.6. The van der Waals surface area contributed by atoms with E-state index >= 15 is 0 Å². The van der Waals surface area contributed by atoms with Crippen molar-refractivity contribution in [2.75, 3.05) is 5.32 Å². The van der Waals surface area contributed by atoms with Crippen molar-refractivity contribution < 1.29 is 4.42 Å². The van der Waals surface area contributed by atoms with Gasteiger partial charge in [0.25, 0.3) is 0 Å². The lowest BCUT2D eigenvalue weighted by atomic mass is 9.98. The first-order valence-electron chi connectivity index (χ1n) is 12.2. The highest BCUT2D eigenvalue weighted by atomic mass is 16.3. The highest BCUT2D eigenvalue weighted by molar-refractivity contribution is 6.06. The van der Waals surface area contributed by atoms with E-state index in [0.717, 1.165) is 33.3 Å². The van der Waals surface area contributed by atoms with Gasteiger partial charge in [-0.1, -0.05) is 91.0 Å². The molecule has 1 aromatic heterocycles. The Morgan fingerprint density at radius 1 is 0.417 bits per heavy atom. The standard InChI is InChI=1S/C34H23NO/c1-2-8-29-24(6-1)7-5-10-30(29)25-14-19-28(20-15-25)35-27-17-12-23(13-18-27)26-16-21-34-32(22-26)31-9-3-4-11-33(31)36-34/h1-22,35H. The number of nitrogens with one attached hydrogen (secondary N) is 1. The molecule has 0 unspecified atom stereocenters. The topological polar surface area (TPSA) is 25.2 Å². The average molecular weight is 462 g/mol. The number of para-hydroxylation sites is 1. The molecule has 0 radical (unpaired) electrons. The van der Waals surface area contributed by atoms with Crippen LogP contribution < -0.4 is 5.32 Å². The minimum atomic E-state index is 0.921. The van der Waals surface area contributed by atoms with Crippen molar-refractivity contribution in [1.29, 1.82) is 0 Å². The highest BCUT2D eigenvalue weighted by Gasteiger charge is 2.08. The van der Waals surface area contributed by atoms with E-state index < -0.39 is 0 Å². The number of fused-ring (bicyclic) bond motifs is 4. The van der Waals surface area contributed by atoms with Crippen LogP contribution >= 0.6 is 0 Å². The molecule has 0 spiro atoms. The fourth-order valence-electron chi connectivity index (χ4n) is 5.03. The summed E-state index contributed by atoms with van der Waals surface area (Å²) in [7, 11) is 0. The second-order valence-electron chi connectivity index (χ2n) is 9.12. The molecule has 1 heterocycles. The van der Waals surface area contributed by atoms with Crippen molar-refractivity contribution in [3.63, 3.8) is 0 Å². The molecule has 6 aromatic carbocycles. The van der Waals surface area contributed by atoms with Crippen LogP contribution in [0.1, 0.15) is 0 Å². The van der Waals surface area contributed by atoms with Crippen molar-refractivity contribution in [3.8, 4) is 22.3 Å². The Kier molecular flexibility index (Phi) is 4.82. The maximum atomic E-state index is 5.98. The summed E-state index contributed by atoms with van der Waals surface area (Å²) in [5, 5.41) is 8.37. The zero-order valence-electron chi connectivity index (χ0n) is 19.6. The highest BCUT2D eigenvalue weighted by Crippen LogP contribution is 2.33. The van der Waals surface area contributed by atoms with Crippen molar-refractivity contribution in [2.45, 2.75) is 0 Å². The van der Waals surface area contributed by atoms with Crippen LogP contribution in [0.3, 0.4) is 0 Å². The van der Waals surface area contributed by atoms with E-state index in [9.17, 15) is 0 Å². The Labute approximate surface area is 209 Å². The molecule has 170 valence electrons. The van der Waals surface area contributed by atoms with Crippen LogP contribution in [0.5, 0.6) is 0 Å². The molecular weight excluding hydrogens is 438 g/mol. The third-order valence-corrected chi connectivity index (χ3v) is 6.87. The molecule has 0 saturated heterocycles. The Morgan fingerprint density at radius 2 is 1.03 bits per heavy atom. The SMILES string of the molecule is c1ccc2c(-c3ccc(Nc4ccc(-c5ccc6oc7ccccc7c6c5)cc4)cc3)cccc2c1. The summed E-state index contributed by atoms with van der Waals surface area (Å²) in [6.45, 7) is 0. The fraction of sp³-hybridized carbons (Fsp3) is 0. The van der Waals surface area contributed by atoms with Gasteiger partial charge in [0, 0.05) is 22.1 Å². The smallest absolute Gasteiger partial charge is 0.135 e. The van der Waals surface area contributed by atoms with Crippen molar-refractivity contribution in [3.05, 3.63) is 133 Å². The lowest BCUT2D eigenvalue weighted by molar-refractivity contribution is 0.669. The largest absolute Gasteiger partial charge is 0.456 e. The van der Waals surface area contributed by atoms with Crippen LogP contribution in [0.2, 0.25) is 0 Å². The third kappa shape index (κ3) is 3.60. The zero-order chi connectivity index (χ0) is 23.9. The summed E-state index contributed by atoms with van der Waals surface area (Å²) in [4.78, 5) is 0. The minimum absolute atomic E-state index is 0.921. The predicted molar refractivity (Wildman–Crippen MR) is 152 cm³/mol. The number of furan rings is 1. The van der Waals surface area contributed by atoms with E-state index in [-0.39, 0.29) is 0 Å². The van der Waals surface area contributed by atoms with Gasteiger partial charge >= 0.3 is 0 Å². The van der Waals surface area contributed by atoms with Crippen molar-refractivity contribution in [1.82, 2.24) is 0 Å². The van der Waals surface area contributed by atoms with Crippen LogP contribution in [0.4, 0.5) is 11.4 Å². The van der Waals surface area contributed by atoms with Gasteiger partial charge in [0.2, 0.25) is 0 Å². The molecule has 0 fully saturated rings. The lowest BCUT2D eigenvalue weighted by Crippen LogP contribution is -1.90. The molecule has 0 atom stereocenters. The summed E-state index contributed by atoms with van der Waals surface area (Å²) in [5.41, 5.74) is 8.81. The molecule has 7 aromatic rings. The number of hydrogen-bond acceptors (Lipinski definition) is 2. The molecule has 0 bridgehead atoms. The third-order valence-electron chi connectivity index (χ3n) is 6.87. The first-order chi connectivity index (χ1) is 17.8. The van der Waals surface area contributed by atoms with E-state index in [0.29, 0.717) is 0 Å². The van der Waals surface area contributed by atoms with Gasteiger partial charge in [0.15, 0.2) is 0 Å². The molecule has 0 amide bonds. The van der Waals surface area contributed by atoms with Crippen LogP contribution in [-0.2, 0) is 0 Å².